The van der Waals surface area contributed by atoms with Crippen LogP contribution in [0.2, 0.25) is 0 Å². The van der Waals surface area contributed by atoms with Crippen LogP contribution in [-0.4, -0.2) is 32.9 Å². The van der Waals surface area contributed by atoms with Gasteiger partial charge in [0.2, 0.25) is 0 Å². The first-order valence-corrected chi connectivity index (χ1v) is 10.0. The largest absolute Gasteiger partial charge is 0.497 e. The molecule has 2 heterocycles. The molecule has 32 heavy (non-hydrogen) atoms. The average Bonchev–Trinajstić information content (AvgIpc) is 3.43. The first-order chi connectivity index (χ1) is 15.0. The van der Waals surface area contributed by atoms with Gasteiger partial charge in [-0.15, -0.1) is 23.7 Å². The Hall–Kier alpha value is -3.76. The molecule has 4 aromatic rings. The summed E-state index contributed by atoms with van der Waals surface area (Å²) in [6.45, 7) is 1.66. The highest BCUT2D eigenvalue weighted by Gasteiger charge is 2.21. The first-order valence-electron chi connectivity index (χ1n) is 9.17. The molecule has 11 heteroatoms. The Morgan fingerprint density at radius 3 is 2.50 bits per heavy atom. The second-order valence-corrected chi connectivity index (χ2v) is 7.48. The standard InChI is InChI=1S/C21H17N5O4S.ClH/c1-12-11-14(5-8-16(12)26(28)29)19-23-17(13-3-6-15(30-2)7-4-13)18(24-19)20(27)25-21-22-9-10-31-21;/h3-11H,1-2H3,(H,23,24)(H,22,25,27);1H. The fraction of sp³-hybridized carbons (Fsp3) is 0.0952. The number of rotatable bonds is 6. The molecule has 2 aromatic carbocycles. The average molecular weight is 472 g/mol. The number of carbonyl (C=O) groups excluding carboxylic acids is 1. The molecule has 1 amide bonds. The number of amides is 1. The molecule has 164 valence electrons. The SMILES string of the molecule is COc1ccc(-c2[nH]c(-c3ccc([N+](=O)[O-])c(C)c3)nc2C(=O)Nc2nccs2)cc1.Cl. The molecule has 0 saturated heterocycles. The summed E-state index contributed by atoms with van der Waals surface area (Å²) in [7, 11) is 1.58. The number of carbonyl (C=O) groups is 1. The second kappa shape index (κ2) is 9.58. The van der Waals surface area contributed by atoms with Crippen LogP contribution in [-0.2, 0) is 0 Å². The monoisotopic (exact) mass is 471 g/mol. The molecule has 0 aliphatic carbocycles. The number of aryl methyl sites for hydroxylation is 1. The minimum absolute atomic E-state index is 0. The summed E-state index contributed by atoms with van der Waals surface area (Å²) < 4.78 is 5.20. The van der Waals surface area contributed by atoms with Crippen molar-refractivity contribution in [1.29, 1.82) is 0 Å². The van der Waals surface area contributed by atoms with Gasteiger partial charge in [0.15, 0.2) is 10.8 Å². The van der Waals surface area contributed by atoms with E-state index in [0.717, 1.165) is 5.56 Å². The van der Waals surface area contributed by atoms with Crippen molar-refractivity contribution < 1.29 is 14.5 Å². The number of halogens is 1. The van der Waals surface area contributed by atoms with E-state index in [0.29, 0.717) is 33.5 Å². The number of hydrogen-bond donors (Lipinski definition) is 2. The van der Waals surface area contributed by atoms with E-state index in [1.165, 1.54) is 17.4 Å². The third kappa shape index (κ3) is 4.61. The second-order valence-electron chi connectivity index (χ2n) is 6.59. The lowest BCUT2D eigenvalue weighted by atomic mass is 10.1. The van der Waals surface area contributed by atoms with Crippen LogP contribution in [0.4, 0.5) is 10.8 Å². The number of ether oxygens (including phenoxy) is 1. The molecule has 2 aromatic heterocycles. The fourth-order valence-electron chi connectivity index (χ4n) is 3.09. The van der Waals surface area contributed by atoms with E-state index in [1.54, 1.807) is 49.9 Å². The number of hydrogen-bond acceptors (Lipinski definition) is 7. The van der Waals surface area contributed by atoms with Crippen LogP contribution in [0.15, 0.2) is 54.0 Å². The molecule has 0 radical (unpaired) electrons. The maximum absolute atomic E-state index is 12.9. The quantitative estimate of drug-likeness (QED) is 0.298. The molecule has 0 atom stereocenters. The molecule has 0 saturated carbocycles. The Kier molecular flexibility index (Phi) is 6.86. The summed E-state index contributed by atoms with van der Waals surface area (Å²) in [6.07, 6.45) is 1.60. The van der Waals surface area contributed by atoms with Crippen LogP contribution in [0.5, 0.6) is 5.75 Å². The van der Waals surface area contributed by atoms with Crippen molar-refractivity contribution in [2.24, 2.45) is 0 Å². The number of benzene rings is 2. The van der Waals surface area contributed by atoms with Crippen LogP contribution in [0, 0.1) is 17.0 Å². The third-order valence-corrected chi connectivity index (χ3v) is 5.31. The Bertz CT molecular complexity index is 1260. The zero-order valence-electron chi connectivity index (χ0n) is 17.0. The van der Waals surface area contributed by atoms with Gasteiger partial charge in [-0.25, -0.2) is 9.97 Å². The number of methoxy groups -OCH3 is 1. The molecule has 0 aliphatic rings. The molecule has 0 fully saturated rings. The molecule has 0 bridgehead atoms. The normalized spacial score (nSPS) is 10.3. The van der Waals surface area contributed by atoms with Gasteiger partial charge in [-0.2, -0.15) is 0 Å². The summed E-state index contributed by atoms with van der Waals surface area (Å²) in [4.78, 5) is 35.4. The van der Waals surface area contributed by atoms with E-state index in [9.17, 15) is 14.9 Å². The Balaban J connectivity index is 0.00000289. The lowest BCUT2D eigenvalue weighted by Crippen LogP contribution is -2.13. The number of nitrogens with one attached hydrogen (secondary N) is 2. The van der Waals surface area contributed by atoms with Gasteiger partial charge in [0, 0.05) is 34.3 Å². The predicted molar refractivity (Wildman–Crippen MR) is 125 cm³/mol. The molecule has 4 rings (SSSR count). The number of nitrogens with zero attached hydrogens (tertiary/aromatic N) is 3. The maximum Gasteiger partial charge on any atom is 0.278 e. The van der Waals surface area contributed by atoms with Gasteiger partial charge in [0.1, 0.15) is 11.6 Å². The number of thiazole rings is 1. The lowest BCUT2D eigenvalue weighted by molar-refractivity contribution is -0.385. The van der Waals surface area contributed by atoms with Gasteiger partial charge in [-0.3, -0.25) is 20.2 Å². The number of nitro benzene ring substituents is 1. The van der Waals surface area contributed by atoms with E-state index in [4.69, 9.17) is 4.74 Å². The summed E-state index contributed by atoms with van der Waals surface area (Å²) in [5, 5.41) is 16.1. The van der Waals surface area contributed by atoms with Crippen LogP contribution in [0.25, 0.3) is 22.6 Å². The molecule has 2 N–H and O–H groups in total. The van der Waals surface area contributed by atoms with Gasteiger partial charge in [-0.1, -0.05) is 0 Å². The zero-order valence-corrected chi connectivity index (χ0v) is 18.6. The number of aromatic nitrogens is 3. The highest BCUT2D eigenvalue weighted by atomic mass is 35.5. The Morgan fingerprint density at radius 1 is 1.19 bits per heavy atom. The van der Waals surface area contributed by atoms with Crippen molar-refractivity contribution >= 4 is 40.5 Å². The molecule has 0 spiro atoms. The van der Waals surface area contributed by atoms with Gasteiger partial charge in [0.05, 0.1) is 17.7 Å². The molecular weight excluding hydrogens is 454 g/mol. The fourth-order valence-corrected chi connectivity index (χ4v) is 3.61. The van der Waals surface area contributed by atoms with Crippen LogP contribution < -0.4 is 10.1 Å². The molecule has 0 unspecified atom stereocenters. The minimum atomic E-state index is -0.434. The highest BCUT2D eigenvalue weighted by molar-refractivity contribution is 7.13. The topological polar surface area (TPSA) is 123 Å². The van der Waals surface area contributed by atoms with Crippen molar-refractivity contribution in [2.45, 2.75) is 6.92 Å². The maximum atomic E-state index is 12.9. The van der Waals surface area contributed by atoms with Crippen LogP contribution in [0.3, 0.4) is 0 Å². The van der Waals surface area contributed by atoms with Gasteiger partial charge in [0.25, 0.3) is 11.6 Å². The van der Waals surface area contributed by atoms with E-state index in [-0.39, 0.29) is 23.8 Å². The minimum Gasteiger partial charge on any atom is -0.497 e. The molecule has 9 nitrogen and oxygen atoms in total. The summed E-state index contributed by atoms with van der Waals surface area (Å²) in [5.41, 5.74) is 2.59. The number of H-pyrrole nitrogens is 1. The van der Waals surface area contributed by atoms with Gasteiger partial charge in [-0.05, 0) is 43.3 Å². The van der Waals surface area contributed by atoms with Crippen LogP contribution in [0.1, 0.15) is 16.1 Å². The highest BCUT2D eigenvalue weighted by Crippen LogP contribution is 2.30. The molecular formula is C21H18ClN5O4S. The Labute approximate surface area is 193 Å². The predicted octanol–water partition coefficient (Wildman–Crippen LogP) is 5.10. The molecule has 0 aliphatic heterocycles. The summed E-state index contributed by atoms with van der Waals surface area (Å²) in [6, 6.07) is 11.9. The smallest absolute Gasteiger partial charge is 0.278 e. The Morgan fingerprint density at radius 2 is 1.91 bits per heavy atom. The van der Waals surface area contributed by atoms with E-state index in [1.807, 2.05) is 12.1 Å². The van der Waals surface area contributed by atoms with Crippen molar-refractivity contribution in [3.05, 3.63) is 75.4 Å². The number of imidazole rings is 1. The number of anilines is 1. The number of aromatic amines is 1. The van der Waals surface area contributed by atoms with Crippen molar-refractivity contribution in [1.82, 2.24) is 15.0 Å². The van der Waals surface area contributed by atoms with Crippen molar-refractivity contribution in [3.63, 3.8) is 0 Å². The summed E-state index contributed by atoms with van der Waals surface area (Å²) in [5.74, 6) is 0.693. The number of nitro groups is 1. The van der Waals surface area contributed by atoms with Crippen LogP contribution >= 0.6 is 23.7 Å². The van der Waals surface area contributed by atoms with Gasteiger partial charge < -0.3 is 9.72 Å². The summed E-state index contributed by atoms with van der Waals surface area (Å²) >= 11 is 1.30. The van der Waals surface area contributed by atoms with Crippen molar-refractivity contribution in [3.8, 4) is 28.4 Å². The van der Waals surface area contributed by atoms with Crippen molar-refractivity contribution in [2.75, 3.05) is 12.4 Å². The first kappa shape index (κ1) is 22.9. The third-order valence-electron chi connectivity index (χ3n) is 4.62. The van der Waals surface area contributed by atoms with Gasteiger partial charge >= 0.3 is 0 Å². The van der Waals surface area contributed by atoms with E-state index >= 15 is 0 Å². The van der Waals surface area contributed by atoms with E-state index < -0.39 is 10.8 Å². The zero-order chi connectivity index (χ0) is 22.0. The lowest BCUT2D eigenvalue weighted by Gasteiger charge is -2.04. The van der Waals surface area contributed by atoms with E-state index in [2.05, 4.69) is 20.3 Å².